The van der Waals surface area contributed by atoms with Gasteiger partial charge in [0.15, 0.2) is 11.6 Å². The average Bonchev–Trinajstić information content (AvgIpc) is 3.28. The largest absolute Gasteiger partial charge is 0.455 e. The van der Waals surface area contributed by atoms with Crippen LogP contribution in [0.15, 0.2) is 21.1 Å². The molecule has 0 spiro atoms. The van der Waals surface area contributed by atoms with Crippen LogP contribution in [0.5, 0.6) is 0 Å². The fourth-order valence-corrected chi connectivity index (χ4v) is 2.97. The number of carbonyl (C=O) groups excluding carboxylic acids is 1. The summed E-state index contributed by atoms with van der Waals surface area (Å²) in [5.74, 6) is 2.38. The summed E-state index contributed by atoms with van der Waals surface area (Å²) >= 11 is 0. The zero-order valence-electron chi connectivity index (χ0n) is 15.1. The second-order valence-corrected chi connectivity index (χ2v) is 7.09. The second kappa shape index (κ2) is 7.82. The Hall–Kier alpha value is -2.15. The van der Waals surface area contributed by atoms with Gasteiger partial charge in [-0.05, 0) is 50.9 Å². The fourth-order valence-electron chi connectivity index (χ4n) is 2.97. The number of hydrogen-bond donors (Lipinski definition) is 1. The first-order chi connectivity index (χ1) is 12.0. The zero-order chi connectivity index (χ0) is 17.8. The van der Waals surface area contributed by atoms with Crippen molar-refractivity contribution >= 4 is 5.91 Å². The van der Waals surface area contributed by atoms with Crippen LogP contribution in [0.3, 0.4) is 0 Å². The van der Waals surface area contributed by atoms with Crippen molar-refractivity contribution in [2.24, 2.45) is 5.92 Å². The van der Waals surface area contributed by atoms with E-state index in [9.17, 15) is 4.79 Å². The summed E-state index contributed by atoms with van der Waals surface area (Å²) < 4.78 is 10.9. The Morgan fingerprint density at radius 2 is 2.04 bits per heavy atom. The van der Waals surface area contributed by atoms with Gasteiger partial charge in [-0.2, -0.15) is 4.98 Å². The van der Waals surface area contributed by atoms with Gasteiger partial charge in [-0.25, -0.2) is 0 Å². The summed E-state index contributed by atoms with van der Waals surface area (Å²) in [5.41, 5.74) is 0. The van der Waals surface area contributed by atoms with Crippen LogP contribution < -0.4 is 5.32 Å². The number of carbonyl (C=O) groups is 1. The molecule has 1 unspecified atom stereocenters. The Balaban J connectivity index is 1.56. The second-order valence-electron chi connectivity index (χ2n) is 7.09. The molecule has 136 valence electrons. The number of nitrogens with one attached hydrogen (secondary N) is 1. The maximum atomic E-state index is 12.4. The minimum atomic E-state index is -0.368. The van der Waals surface area contributed by atoms with Crippen molar-refractivity contribution in [1.29, 1.82) is 0 Å². The monoisotopic (exact) mass is 346 g/mol. The topological polar surface area (TPSA) is 84.4 Å². The summed E-state index contributed by atoms with van der Waals surface area (Å²) in [6.45, 7) is 8.95. The summed E-state index contributed by atoms with van der Waals surface area (Å²) in [4.78, 5) is 19.0. The molecule has 3 heterocycles. The van der Waals surface area contributed by atoms with Crippen LogP contribution in [0.1, 0.15) is 67.7 Å². The van der Waals surface area contributed by atoms with E-state index in [0.717, 1.165) is 31.8 Å². The molecule has 0 aromatic carbocycles. The summed E-state index contributed by atoms with van der Waals surface area (Å²) in [6.07, 6.45) is 3.21. The molecule has 1 atom stereocenters. The van der Waals surface area contributed by atoms with Crippen LogP contribution in [0.4, 0.5) is 0 Å². The molecule has 1 fully saturated rings. The molecule has 0 aliphatic carbocycles. The molecule has 1 amide bonds. The lowest BCUT2D eigenvalue weighted by Crippen LogP contribution is -2.26. The number of likely N-dealkylation sites (tertiary alicyclic amines) is 1. The molecule has 0 saturated carbocycles. The molecular weight excluding hydrogens is 320 g/mol. The highest BCUT2D eigenvalue weighted by molar-refractivity contribution is 5.91. The Morgan fingerprint density at radius 1 is 1.28 bits per heavy atom. The third-order valence-corrected chi connectivity index (χ3v) is 4.26. The summed E-state index contributed by atoms with van der Waals surface area (Å²) in [5, 5.41) is 6.80. The van der Waals surface area contributed by atoms with E-state index in [1.54, 1.807) is 6.07 Å². The van der Waals surface area contributed by atoms with Gasteiger partial charge in [0, 0.05) is 6.42 Å². The highest BCUT2D eigenvalue weighted by Gasteiger charge is 2.20. The molecule has 1 aliphatic heterocycles. The van der Waals surface area contributed by atoms with Gasteiger partial charge in [0.2, 0.25) is 5.89 Å². The van der Waals surface area contributed by atoms with Crippen molar-refractivity contribution in [3.8, 4) is 0 Å². The summed E-state index contributed by atoms with van der Waals surface area (Å²) in [7, 11) is 0. The standard InChI is InChI=1S/C18H26N4O3/c1-12(2)10-16-20-18(25-21-16)13(3)19-17(23)15-7-6-14(24-15)11-22-8-4-5-9-22/h6-7,12-13H,4-5,8-11H2,1-3H3,(H,19,23). The van der Waals surface area contributed by atoms with Crippen molar-refractivity contribution in [3.05, 3.63) is 35.4 Å². The van der Waals surface area contributed by atoms with Crippen molar-refractivity contribution in [2.75, 3.05) is 13.1 Å². The maximum absolute atomic E-state index is 12.4. The Labute approximate surface area is 147 Å². The van der Waals surface area contributed by atoms with E-state index in [2.05, 4.69) is 34.2 Å². The number of aromatic nitrogens is 2. The summed E-state index contributed by atoms with van der Waals surface area (Å²) in [6, 6.07) is 3.21. The fraction of sp³-hybridized carbons (Fsp3) is 0.611. The van der Waals surface area contributed by atoms with Crippen molar-refractivity contribution in [3.63, 3.8) is 0 Å². The molecule has 1 aliphatic rings. The number of amides is 1. The van der Waals surface area contributed by atoms with E-state index in [0.29, 0.717) is 23.4 Å². The van der Waals surface area contributed by atoms with Crippen LogP contribution in [0.2, 0.25) is 0 Å². The normalized spacial score (nSPS) is 16.5. The molecule has 2 aromatic heterocycles. The van der Waals surface area contributed by atoms with Crippen molar-refractivity contribution in [1.82, 2.24) is 20.4 Å². The number of rotatable bonds is 7. The van der Waals surface area contributed by atoms with E-state index in [1.165, 1.54) is 12.8 Å². The molecule has 7 nitrogen and oxygen atoms in total. The van der Waals surface area contributed by atoms with Crippen LogP contribution >= 0.6 is 0 Å². The van der Waals surface area contributed by atoms with Gasteiger partial charge in [-0.15, -0.1) is 0 Å². The molecule has 1 saturated heterocycles. The molecule has 0 radical (unpaired) electrons. The lowest BCUT2D eigenvalue weighted by Gasteiger charge is -2.12. The quantitative estimate of drug-likeness (QED) is 0.830. The Kier molecular flexibility index (Phi) is 5.53. The van der Waals surface area contributed by atoms with E-state index < -0.39 is 0 Å². The SMILES string of the molecule is CC(C)Cc1noc(C(C)NC(=O)c2ccc(CN3CCCC3)o2)n1. The van der Waals surface area contributed by atoms with Gasteiger partial charge < -0.3 is 14.3 Å². The molecule has 2 aromatic rings. The minimum Gasteiger partial charge on any atom is -0.455 e. The van der Waals surface area contributed by atoms with Gasteiger partial charge in [0.1, 0.15) is 11.8 Å². The molecule has 3 rings (SSSR count). The predicted octanol–water partition coefficient (Wildman–Crippen LogP) is 2.95. The van der Waals surface area contributed by atoms with E-state index in [-0.39, 0.29) is 11.9 Å². The van der Waals surface area contributed by atoms with Crippen molar-refractivity contribution in [2.45, 2.75) is 52.6 Å². The third kappa shape index (κ3) is 4.69. The third-order valence-electron chi connectivity index (χ3n) is 4.26. The molecule has 7 heteroatoms. The highest BCUT2D eigenvalue weighted by Crippen LogP contribution is 2.17. The molecule has 1 N–H and O–H groups in total. The van der Waals surface area contributed by atoms with Crippen LogP contribution in [0.25, 0.3) is 0 Å². The van der Waals surface area contributed by atoms with Crippen LogP contribution in [-0.2, 0) is 13.0 Å². The van der Waals surface area contributed by atoms with E-state index >= 15 is 0 Å². The molecule has 0 bridgehead atoms. The van der Waals surface area contributed by atoms with E-state index in [4.69, 9.17) is 8.94 Å². The molecular formula is C18H26N4O3. The van der Waals surface area contributed by atoms with Gasteiger partial charge in [-0.1, -0.05) is 19.0 Å². The first-order valence-electron chi connectivity index (χ1n) is 8.95. The first kappa shape index (κ1) is 17.7. The Morgan fingerprint density at radius 3 is 2.76 bits per heavy atom. The maximum Gasteiger partial charge on any atom is 0.287 e. The Bertz CT molecular complexity index is 701. The first-order valence-corrected chi connectivity index (χ1v) is 8.95. The molecule has 25 heavy (non-hydrogen) atoms. The number of furan rings is 1. The lowest BCUT2D eigenvalue weighted by atomic mass is 10.1. The zero-order valence-corrected chi connectivity index (χ0v) is 15.1. The van der Waals surface area contributed by atoms with Gasteiger partial charge in [-0.3, -0.25) is 9.69 Å². The van der Waals surface area contributed by atoms with Gasteiger partial charge in [0.05, 0.1) is 6.54 Å². The average molecular weight is 346 g/mol. The minimum absolute atomic E-state index is 0.274. The highest BCUT2D eigenvalue weighted by atomic mass is 16.5. The predicted molar refractivity (Wildman–Crippen MR) is 91.9 cm³/mol. The van der Waals surface area contributed by atoms with E-state index in [1.807, 2.05) is 13.0 Å². The van der Waals surface area contributed by atoms with Crippen LogP contribution in [-0.4, -0.2) is 34.0 Å². The lowest BCUT2D eigenvalue weighted by molar-refractivity contribution is 0.0901. The van der Waals surface area contributed by atoms with Crippen molar-refractivity contribution < 1.29 is 13.7 Å². The van der Waals surface area contributed by atoms with Gasteiger partial charge in [0.25, 0.3) is 5.91 Å². The number of nitrogens with zero attached hydrogens (tertiary/aromatic N) is 3. The number of hydrogen-bond acceptors (Lipinski definition) is 6. The van der Waals surface area contributed by atoms with Gasteiger partial charge >= 0.3 is 0 Å². The van der Waals surface area contributed by atoms with Crippen LogP contribution in [0, 0.1) is 5.92 Å². The smallest absolute Gasteiger partial charge is 0.287 e.